The van der Waals surface area contributed by atoms with Crippen molar-refractivity contribution in [3.63, 3.8) is 0 Å². The lowest BCUT2D eigenvalue weighted by Gasteiger charge is -2.26. The molecule has 0 aromatic heterocycles. The van der Waals surface area contributed by atoms with E-state index in [1.54, 1.807) is 6.07 Å². The third-order valence-electron chi connectivity index (χ3n) is 3.27. The molecule has 5 heteroatoms. The van der Waals surface area contributed by atoms with E-state index in [1.165, 1.54) is 11.0 Å². The fourth-order valence-electron chi connectivity index (χ4n) is 2.29. The number of halogens is 1. The van der Waals surface area contributed by atoms with Crippen LogP contribution in [0.4, 0.5) is 9.18 Å². The molecule has 1 aliphatic rings. The molecule has 0 radical (unpaired) electrons. The van der Waals surface area contributed by atoms with Crippen molar-refractivity contribution in [1.82, 2.24) is 4.90 Å². The number of ether oxygens (including phenoxy) is 1. The van der Waals surface area contributed by atoms with Gasteiger partial charge in [0.15, 0.2) is 0 Å². The van der Waals surface area contributed by atoms with Gasteiger partial charge in [0, 0.05) is 18.2 Å². The van der Waals surface area contributed by atoms with Crippen molar-refractivity contribution in [2.24, 2.45) is 5.73 Å². The second-order valence-electron chi connectivity index (χ2n) is 6.10. The van der Waals surface area contributed by atoms with Gasteiger partial charge in [0.25, 0.3) is 0 Å². The van der Waals surface area contributed by atoms with Crippen molar-refractivity contribution in [2.75, 3.05) is 6.54 Å². The Morgan fingerprint density at radius 3 is 2.80 bits per heavy atom. The van der Waals surface area contributed by atoms with Crippen molar-refractivity contribution in [3.05, 3.63) is 35.1 Å². The molecule has 1 amide bonds. The lowest BCUT2D eigenvalue weighted by Crippen LogP contribution is -2.36. The second-order valence-corrected chi connectivity index (χ2v) is 6.10. The second kappa shape index (κ2) is 5.40. The van der Waals surface area contributed by atoms with Crippen molar-refractivity contribution < 1.29 is 13.9 Å². The van der Waals surface area contributed by atoms with Gasteiger partial charge in [0.05, 0.1) is 6.54 Å². The first-order chi connectivity index (χ1) is 9.28. The molecule has 1 heterocycles. The number of amides is 1. The normalized spacial score (nSPS) is 19.2. The molecule has 2 N–H and O–H groups in total. The van der Waals surface area contributed by atoms with Crippen LogP contribution in [0.25, 0.3) is 0 Å². The van der Waals surface area contributed by atoms with Crippen molar-refractivity contribution in [2.45, 2.75) is 45.4 Å². The van der Waals surface area contributed by atoms with Gasteiger partial charge < -0.3 is 15.4 Å². The predicted octanol–water partition coefficient (Wildman–Crippen LogP) is 2.97. The monoisotopic (exact) mass is 280 g/mol. The van der Waals surface area contributed by atoms with Crippen LogP contribution in [0.15, 0.2) is 18.2 Å². The number of nitrogens with two attached hydrogens (primary N) is 1. The number of nitrogens with zero attached hydrogens (tertiary/aromatic N) is 1. The topological polar surface area (TPSA) is 55.6 Å². The summed E-state index contributed by atoms with van der Waals surface area (Å²) in [5, 5.41) is 0. The molecule has 0 saturated heterocycles. The Hall–Kier alpha value is -1.62. The van der Waals surface area contributed by atoms with E-state index < -0.39 is 11.7 Å². The first kappa shape index (κ1) is 14.8. The molecule has 110 valence electrons. The van der Waals surface area contributed by atoms with Gasteiger partial charge in [-0.05, 0) is 38.8 Å². The van der Waals surface area contributed by atoms with Gasteiger partial charge in [-0.1, -0.05) is 12.1 Å². The van der Waals surface area contributed by atoms with Gasteiger partial charge in [-0.15, -0.1) is 0 Å². The number of hydrogen-bond acceptors (Lipinski definition) is 3. The fourth-order valence-corrected chi connectivity index (χ4v) is 2.29. The highest BCUT2D eigenvalue weighted by Crippen LogP contribution is 2.27. The summed E-state index contributed by atoms with van der Waals surface area (Å²) in [6.45, 7) is 6.09. The molecule has 0 saturated carbocycles. The zero-order chi connectivity index (χ0) is 14.9. The summed E-state index contributed by atoms with van der Waals surface area (Å²) in [5.74, 6) is -0.326. The number of benzene rings is 1. The first-order valence-electron chi connectivity index (χ1n) is 6.79. The summed E-state index contributed by atoms with van der Waals surface area (Å²) < 4.78 is 19.3. The Kier molecular flexibility index (Phi) is 3.99. The molecule has 0 fully saturated rings. The third-order valence-corrected chi connectivity index (χ3v) is 3.27. The summed E-state index contributed by atoms with van der Waals surface area (Å²) in [6.07, 6.45) is 0.163. The van der Waals surface area contributed by atoms with Crippen LogP contribution in [0.1, 0.15) is 44.4 Å². The van der Waals surface area contributed by atoms with E-state index in [2.05, 4.69) is 0 Å². The van der Waals surface area contributed by atoms with Crippen molar-refractivity contribution in [3.8, 4) is 0 Å². The van der Waals surface area contributed by atoms with Crippen LogP contribution in [0, 0.1) is 5.82 Å². The van der Waals surface area contributed by atoms with E-state index in [1.807, 2.05) is 26.8 Å². The number of carbonyl (C=O) groups is 1. The lowest BCUT2D eigenvalue weighted by atomic mass is 10.00. The molecular formula is C15H21FN2O2. The summed E-state index contributed by atoms with van der Waals surface area (Å²) >= 11 is 0. The van der Waals surface area contributed by atoms with Crippen LogP contribution in [0.5, 0.6) is 0 Å². The number of rotatable bonds is 0. The lowest BCUT2D eigenvalue weighted by molar-refractivity contribution is 0.0233. The maximum absolute atomic E-state index is 14.0. The van der Waals surface area contributed by atoms with Gasteiger partial charge in [-0.25, -0.2) is 9.18 Å². The summed E-state index contributed by atoms with van der Waals surface area (Å²) in [5.41, 5.74) is 6.76. The molecule has 1 unspecified atom stereocenters. The minimum atomic E-state index is -0.566. The van der Waals surface area contributed by atoms with Crippen LogP contribution in [0.2, 0.25) is 0 Å². The molecule has 1 atom stereocenters. The van der Waals surface area contributed by atoms with Crippen LogP contribution in [-0.2, 0) is 11.3 Å². The minimum Gasteiger partial charge on any atom is -0.444 e. The van der Waals surface area contributed by atoms with Gasteiger partial charge in [-0.2, -0.15) is 0 Å². The molecule has 1 aromatic rings. The Labute approximate surface area is 118 Å². The number of carbonyl (C=O) groups excluding carboxylic acids is 1. The first-order valence-corrected chi connectivity index (χ1v) is 6.79. The molecule has 1 aromatic carbocycles. The van der Waals surface area contributed by atoms with E-state index in [0.29, 0.717) is 18.5 Å². The van der Waals surface area contributed by atoms with Gasteiger partial charge in [0.2, 0.25) is 0 Å². The zero-order valence-corrected chi connectivity index (χ0v) is 12.1. The Bertz CT molecular complexity index is 511. The van der Waals surface area contributed by atoms with Gasteiger partial charge in [0.1, 0.15) is 11.4 Å². The average Bonchev–Trinajstić information content (AvgIpc) is 2.49. The zero-order valence-electron chi connectivity index (χ0n) is 12.1. The highest BCUT2D eigenvalue weighted by atomic mass is 19.1. The van der Waals surface area contributed by atoms with E-state index in [-0.39, 0.29) is 18.4 Å². The highest BCUT2D eigenvalue weighted by molar-refractivity contribution is 5.68. The molecule has 0 aliphatic carbocycles. The molecule has 0 spiro atoms. The SMILES string of the molecule is CC(C)(C)OC(=O)N1CCC(N)c2cccc(F)c2C1. The molecule has 1 aliphatic heterocycles. The molecular weight excluding hydrogens is 259 g/mol. The number of hydrogen-bond donors (Lipinski definition) is 1. The largest absolute Gasteiger partial charge is 0.444 e. The highest BCUT2D eigenvalue weighted by Gasteiger charge is 2.28. The smallest absolute Gasteiger partial charge is 0.410 e. The Balaban J connectivity index is 2.24. The number of fused-ring (bicyclic) bond motifs is 1. The van der Waals surface area contributed by atoms with Crippen molar-refractivity contribution >= 4 is 6.09 Å². The molecule has 2 rings (SSSR count). The quantitative estimate of drug-likeness (QED) is 0.795. The van der Waals surface area contributed by atoms with Crippen LogP contribution in [0.3, 0.4) is 0 Å². The maximum atomic E-state index is 14.0. The van der Waals surface area contributed by atoms with E-state index in [9.17, 15) is 9.18 Å². The summed E-state index contributed by atoms with van der Waals surface area (Å²) in [4.78, 5) is 13.6. The Morgan fingerprint density at radius 1 is 1.45 bits per heavy atom. The van der Waals surface area contributed by atoms with Gasteiger partial charge >= 0.3 is 6.09 Å². The molecule has 4 nitrogen and oxygen atoms in total. The average molecular weight is 280 g/mol. The third kappa shape index (κ3) is 3.28. The summed E-state index contributed by atoms with van der Waals surface area (Å²) in [7, 11) is 0. The molecule has 20 heavy (non-hydrogen) atoms. The predicted molar refractivity (Wildman–Crippen MR) is 74.6 cm³/mol. The Morgan fingerprint density at radius 2 is 2.15 bits per heavy atom. The van der Waals surface area contributed by atoms with Crippen LogP contribution in [-0.4, -0.2) is 23.1 Å². The van der Waals surface area contributed by atoms with Crippen molar-refractivity contribution in [1.29, 1.82) is 0 Å². The van der Waals surface area contributed by atoms with E-state index in [0.717, 1.165) is 5.56 Å². The fraction of sp³-hybridized carbons (Fsp3) is 0.533. The van der Waals surface area contributed by atoms with Gasteiger partial charge in [-0.3, -0.25) is 0 Å². The molecule has 0 bridgehead atoms. The maximum Gasteiger partial charge on any atom is 0.410 e. The summed E-state index contributed by atoms with van der Waals surface area (Å²) in [6, 6.07) is 4.61. The minimum absolute atomic E-state index is 0.199. The van der Waals surface area contributed by atoms with E-state index >= 15 is 0 Å². The van der Waals surface area contributed by atoms with E-state index in [4.69, 9.17) is 10.5 Å². The van der Waals surface area contributed by atoms with Crippen LogP contribution < -0.4 is 5.73 Å². The standard InChI is InChI=1S/C15H21FN2O2/c1-15(2,3)20-14(19)18-8-7-13(17)10-5-4-6-12(16)11(10)9-18/h4-6,13H,7-9,17H2,1-3H3. The van der Waals surface area contributed by atoms with Crippen LogP contribution >= 0.6 is 0 Å².